The van der Waals surface area contributed by atoms with Gasteiger partial charge in [0, 0.05) is 5.56 Å². The molecule has 2 aromatic carbocycles. The molecule has 1 aromatic heterocycles. The Balaban J connectivity index is 2.08. The first-order chi connectivity index (χ1) is 16.9. The lowest BCUT2D eigenvalue weighted by atomic mass is 9.98. The maximum Gasteiger partial charge on any atom is 0.452 e. The Hall–Kier alpha value is -3.42. The van der Waals surface area contributed by atoms with E-state index in [4.69, 9.17) is 9.47 Å². The standard InChI is InChI=1S/C22H17F6N3O4S/c1-34-14-5-3-4-11(17(14)35-2)18-12-8-10(21(23,24)25)6-7-13(12)31-19(15(36-18)9-16(32)33)29-30-20(31)22(26,27)28/h3-8,15,18H,9H2,1-2H3,(H,32,33). The van der Waals surface area contributed by atoms with Gasteiger partial charge in [-0.2, -0.15) is 26.3 Å². The van der Waals surface area contributed by atoms with Crippen molar-refractivity contribution in [1.29, 1.82) is 0 Å². The number of halogens is 6. The van der Waals surface area contributed by atoms with E-state index in [0.29, 0.717) is 10.6 Å². The van der Waals surface area contributed by atoms with Crippen LogP contribution in [0.4, 0.5) is 26.3 Å². The lowest BCUT2D eigenvalue weighted by molar-refractivity contribution is -0.146. The average Bonchev–Trinajstić information content (AvgIpc) is 3.21. The summed E-state index contributed by atoms with van der Waals surface area (Å²) in [5.41, 5.74) is -1.22. The van der Waals surface area contributed by atoms with E-state index in [2.05, 4.69) is 10.2 Å². The molecule has 1 N–H and O–H groups in total. The van der Waals surface area contributed by atoms with Crippen LogP contribution in [0.15, 0.2) is 36.4 Å². The van der Waals surface area contributed by atoms with Gasteiger partial charge in [0.15, 0.2) is 17.3 Å². The Kier molecular flexibility index (Phi) is 6.58. The highest BCUT2D eigenvalue weighted by Crippen LogP contribution is 2.54. The summed E-state index contributed by atoms with van der Waals surface area (Å²) in [6, 6.07) is 6.93. The van der Waals surface area contributed by atoms with E-state index in [1.54, 1.807) is 12.1 Å². The lowest BCUT2D eigenvalue weighted by Gasteiger charge is -2.24. The van der Waals surface area contributed by atoms with Crippen molar-refractivity contribution in [3.63, 3.8) is 0 Å². The largest absolute Gasteiger partial charge is 0.493 e. The predicted molar refractivity (Wildman–Crippen MR) is 115 cm³/mol. The molecule has 4 rings (SSSR count). The second kappa shape index (κ2) is 9.22. The van der Waals surface area contributed by atoms with E-state index in [0.717, 1.165) is 23.9 Å². The van der Waals surface area contributed by atoms with Crippen molar-refractivity contribution >= 4 is 17.7 Å². The van der Waals surface area contributed by atoms with Gasteiger partial charge in [0.2, 0.25) is 5.82 Å². The van der Waals surface area contributed by atoms with Crippen LogP contribution in [0.1, 0.15) is 45.3 Å². The molecule has 14 heteroatoms. The molecule has 2 heterocycles. The van der Waals surface area contributed by atoms with Crippen LogP contribution in [0.25, 0.3) is 5.69 Å². The fourth-order valence-corrected chi connectivity index (χ4v) is 5.54. The van der Waals surface area contributed by atoms with Gasteiger partial charge in [-0.15, -0.1) is 22.0 Å². The van der Waals surface area contributed by atoms with Gasteiger partial charge in [-0.1, -0.05) is 12.1 Å². The normalized spacial score (nSPS) is 17.7. The summed E-state index contributed by atoms with van der Waals surface area (Å²) in [7, 11) is 2.66. The number of hydrogen-bond donors (Lipinski definition) is 1. The summed E-state index contributed by atoms with van der Waals surface area (Å²) in [5, 5.41) is 14.0. The van der Waals surface area contributed by atoms with Crippen LogP contribution in [-0.4, -0.2) is 40.1 Å². The Morgan fingerprint density at radius 3 is 2.33 bits per heavy atom. The first-order valence-electron chi connectivity index (χ1n) is 10.2. The highest BCUT2D eigenvalue weighted by atomic mass is 32.2. The summed E-state index contributed by atoms with van der Waals surface area (Å²) in [5.74, 6) is -2.79. The van der Waals surface area contributed by atoms with Gasteiger partial charge in [-0.3, -0.25) is 9.36 Å². The van der Waals surface area contributed by atoms with Crippen LogP contribution >= 0.6 is 11.8 Å². The summed E-state index contributed by atoms with van der Waals surface area (Å²) < 4.78 is 93.9. The molecule has 0 saturated heterocycles. The molecule has 0 amide bonds. The molecule has 1 aliphatic heterocycles. The van der Waals surface area contributed by atoms with Crippen molar-refractivity contribution in [2.24, 2.45) is 0 Å². The number of aliphatic carboxylic acids is 1. The first kappa shape index (κ1) is 25.7. The number of methoxy groups -OCH3 is 2. The number of hydrogen-bond acceptors (Lipinski definition) is 6. The van der Waals surface area contributed by atoms with Gasteiger partial charge in [0.25, 0.3) is 0 Å². The van der Waals surface area contributed by atoms with Gasteiger partial charge in [0.1, 0.15) is 0 Å². The Morgan fingerprint density at radius 2 is 1.75 bits per heavy atom. The number of para-hydroxylation sites is 1. The quantitative estimate of drug-likeness (QED) is 0.423. The number of carbonyl (C=O) groups is 1. The van der Waals surface area contributed by atoms with Crippen molar-refractivity contribution in [3.05, 3.63) is 64.7 Å². The van der Waals surface area contributed by atoms with Gasteiger partial charge in [0.05, 0.1) is 42.4 Å². The topological polar surface area (TPSA) is 86.5 Å². The van der Waals surface area contributed by atoms with Crippen LogP contribution < -0.4 is 9.47 Å². The zero-order valence-electron chi connectivity index (χ0n) is 18.5. The highest BCUT2D eigenvalue weighted by molar-refractivity contribution is 8.00. The Labute approximate surface area is 204 Å². The van der Waals surface area contributed by atoms with E-state index in [1.807, 2.05) is 0 Å². The van der Waals surface area contributed by atoms with Crippen LogP contribution in [0, 0.1) is 0 Å². The lowest BCUT2D eigenvalue weighted by Crippen LogP contribution is -2.17. The molecule has 0 bridgehead atoms. The molecule has 1 aliphatic rings. The molecule has 0 fully saturated rings. The van der Waals surface area contributed by atoms with E-state index in [-0.39, 0.29) is 34.1 Å². The smallest absolute Gasteiger partial charge is 0.452 e. The second-order valence-corrected chi connectivity index (χ2v) is 8.98. The van der Waals surface area contributed by atoms with E-state index < -0.39 is 46.6 Å². The molecule has 0 saturated carbocycles. The number of alkyl halides is 6. The van der Waals surface area contributed by atoms with Gasteiger partial charge in [-0.05, 0) is 29.8 Å². The van der Waals surface area contributed by atoms with Crippen molar-refractivity contribution in [3.8, 4) is 17.2 Å². The van der Waals surface area contributed by atoms with Crippen molar-refractivity contribution in [2.45, 2.75) is 29.3 Å². The third-order valence-electron chi connectivity index (χ3n) is 5.48. The molecule has 0 spiro atoms. The minimum Gasteiger partial charge on any atom is -0.493 e. The number of ether oxygens (including phenoxy) is 2. The first-order valence-corrected chi connectivity index (χ1v) is 11.1. The third kappa shape index (κ3) is 4.56. The fraction of sp³-hybridized carbons (Fsp3) is 0.318. The Bertz CT molecular complexity index is 1310. The van der Waals surface area contributed by atoms with E-state index >= 15 is 0 Å². The fourth-order valence-electron chi connectivity index (χ4n) is 4.03. The third-order valence-corrected chi connectivity index (χ3v) is 6.97. The maximum atomic E-state index is 13.9. The van der Waals surface area contributed by atoms with Crippen LogP contribution in [0.5, 0.6) is 11.5 Å². The zero-order chi connectivity index (χ0) is 26.4. The van der Waals surface area contributed by atoms with Crippen molar-refractivity contribution in [1.82, 2.24) is 14.8 Å². The number of aromatic nitrogens is 3. The molecule has 36 heavy (non-hydrogen) atoms. The van der Waals surface area contributed by atoms with E-state index in [9.17, 15) is 36.2 Å². The van der Waals surface area contributed by atoms with E-state index in [1.165, 1.54) is 20.3 Å². The monoisotopic (exact) mass is 533 g/mol. The SMILES string of the molecule is COc1cccc(C2SC(CC(=O)O)c3nnc(C(F)(F)F)n3-c3ccc(C(F)(F)F)cc32)c1OC. The number of thioether (sulfide) groups is 1. The highest BCUT2D eigenvalue weighted by Gasteiger charge is 2.44. The molecule has 3 aromatic rings. The summed E-state index contributed by atoms with van der Waals surface area (Å²) in [6.45, 7) is 0. The average molecular weight is 533 g/mol. The Morgan fingerprint density at radius 1 is 1.03 bits per heavy atom. The molecule has 0 radical (unpaired) electrons. The summed E-state index contributed by atoms with van der Waals surface area (Å²) in [6.07, 6.45) is -10.5. The number of rotatable bonds is 5. The van der Waals surface area contributed by atoms with Crippen LogP contribution in [-0.2, 0) is 17.1 Å². The summed E-state index contributed by atoms with van der Waals surface area (Å²) in [4.78, 5) is 11.6. The molecular weight excluding hydrogens is 516 g/mol. The van der Waals surface area contributed by atoms with Crippen molar-refractivity contribution < 1.29 is 45.7 Å². The van der Waals surface area contributed by atoms with Crippen molar-refractivity contribution in [2.75, 3.05) is 14.2 Å². The predicted octanol–water partition coefficient (Wildman–Crippen LogP) is 5.67. The molecule has 2 atom stereocenters. The van der Waals surface area contributed by atoms with Gasteiger partial charge in [-0.25, -0.2) is 0 Å². The number of nitrogens with zero attached hydrogens (tertiary/aromatic N) is 3. The number of benzene rings is 2. The number of fused-ring (bicyclic) bond motifs is 3. The minimum atomic E-state index is -5.02. The number of carboxylic acid groups (broad SMARTS) is 1. The van der Waals surface area contributed by atoms with Gasteiger partial charge < -0.3 is 14.6 Å². The second-order valence-electron chi connectivity index (χ2n) is 7.67. The minimum absolute atomic E-state index is 0.142. The molecule has 0 aliphatic carbocycles. The van der Waals surface area contributed by atoms with Crippen LogP contribution in [0.3, 0.4) is 0 Å². The number of carboxylic acids is 1. The molecule has 7 nitrogen and oxygen atoms in total. The maximum absolute atomic E-state index is 13.9. The summed E-state index contributed by atoms with van der Waals surface area (Å²) >= 11 is 0.837. The van der Waals surface area contributed by atoms with Crippen LogP contribution in [0.2, 0.25) is 0 Å². The van der Waals surface area contributed by atoms with Gasteiger partial charge >= 0.3 is 18.3 Å². The zero-order valence-corrected chi connectivity index (χ0v) is 19.3. The molecular formula is C22H17F6N3O4S. The molecule has 192 valence electrons. The molecule has 2 unspecified atom stereocenters.